The molecule has 0 aliphatic heterocycles. The van der Waals surface area contributed by atoms with Crippen LogP contribution in [0.1, 0.15) is 0 Å². The normalized spacial score (nSPS) is 10.6. The number of hydrogen-bond acceptors (Lipinski definition) is 3. The van der Waals surface area contributed by atoms with E-state index in [4.69, 9.17) is 10.5 Å². The monoisotopic (exact) mass is 314 g/mol. The highest BCUT2D eigenvalue weighted by Crippen LogP contribution is 2.33. The van der Waals surface area contributed by atoms with Crippen molar-refractivity contribution in [1.82, 2.24) is 4.98 Å². The van der Waals surface area contributed by atoms with Crippen molar-refractivity contribution in [2.75, 3.05) is 5.73 Å². The van der Waals surface area contributed by atoms with Crippen molar-refractivity contribution in [3.8, 4) is 11.5 Å². The number of halogens is 1. The number of rotatable bonds is 2. The summed E-state index contributed by atoms with van der Waals surface area (Å²) in [6, 6.07) is 13.3. The van der Waals surface area contributed by atoms with Crippen LogP contribution in [0, 0.1) is 0 Å². The van der Waals surface area contributed by atoms with Gasteiger partial charge < -0.3 is 10.5 Å². The summed E-state index contributed by atoms with van der Waals surface area (Å²) in [5.74, 6) is 1.41. The summed E-state index contributed by atoms with van der Waals surface area (Å²) in [6.07, 6.45) is 3.51. The second-order valence-corrected chi connectivity index (χ2v) is 5.05. The minimum Gasteiger partial charge on any atom is -0.455 e. The van der Waals surface area contributed by atoms with Gasteiger partial charge in [-0.1, -0.05) is 15.9 Å². The quantitative estimate of drug-likeness (QED) is 0.714. The molecule has 0 bridgehead atoms. The standard InChI is InChI=1S/C15H11BrN2O/c16-11-2-4-12(5-3-11)19-14-6-1-10-9-18-8-7-13(10)15(14)17/h1-9H,17H2. The molecule has 4 heteroatoms. The number of benzene rings is 2. The molecule has 0 aliphatic rings. The molecule has 1 heterocycles. The number of aromatic nitrogens is 1. The summed E-state index contributed by atoms with van der Waals surface area (Å²) in [7, 11) is 0. The highest BCUT2D eigenvalue weighted by molar-refractivity contribution is 9.10. The van der Waals surface area contributed by atoms with Crippen LogP contribution in [0.2, 0.25) is 0 Å². The van der Waals surface area contributed by atoms with E-state index in [0.717, 1.165) is 21.0 Å². The second-order valence-electron chi connectivity index (χ2n) is 4.13. The first-order valence-corrected chi connectivity index (χ1v) is 6.59. The Morgan fingerprint density at radius 1 is 1.00 bits per heavy atom. The van der Waals surface area contributed by atoms with Crippen LogP contribution in [0.5, 0.6) is 11.5 Å². The van der Waals surface area contributed by atoms with Gasteiger partial charge >= 0.3 is 0 Å². The molecule has 2 N–H and O–H groups in total. The van der Waals surface area contributed by atoms with Crippen molar-refractivity contribution < 1.29 is 4.74 Å². The molecular weight excluding hydrogens is 304 g/mol. The van der Waals surface area contributed by atoms with E-state index < -0.39 is 0 Å². The molecule has 3 aromatic rings. The van der Waals surface area contributed by atoms with Gasteiger partial charge in [0, 0.05) is 27.6 Å². The van der Waals surface area contributed by atoms with Crippen LogP contribution in [0.3, 0.4) is 0 Å². The summed E-state index contributed by atoms with van der Waals surface area (Å²) in [5.41, 5.74) is 6.76. The Hall–Kier alpha value is -2.07. The molecule has 1 aromatic heterocycles. The predicted molar refractivity (Wildman–Crippen MR) is 80.4 cm³/mol. The van der Waals surface area contributed by atoms with E-state index in [2.05, 4.69) is 20.9 Å². The van der Waals surface area contributed by atoms with Gasteiger partial charge in [0.25, 0.3) is 0 Å². The summed E-state index contributed by atoms with van der Waals surface area (Å²) in [4.78, 5) is 4.08. The van der Waals surface area contributed by atoms with Crippen LogP contribution in [-0.4, -0.2) is 4.98 Å². The van der Waals surface area contributed by atoms with Gasteiger partial charge in [0.05, 0.1) is 5.69 Å². The van der Waals surface area contributed by atoms with Crippen molar-refractivity contribution in [3.63, 3.8) is 0 Å². The molecule has 0 radical (unpaired) electrons. The Morgan fingerprint density at radius 3 is 2.58 bits per heavy atom. The molecule has 19 heavy (non-hydrogen) atoms. The van der Waals surface area contributed by atoms with E-state index in [-0.39, 0.29) is 0 Å². The number of hydrogen-bond donors (Lipinski definition) is 1. The summed E-state index contributed by atoms with van der Waals surface area (Å²) in [6.45, 7) is 0. The molecule has 0 atom stereocenters. The fourth-order valence-corrected chi connectivity index (χ4v) is 2.16. The number of pyridine rings is 1. The van der Waals surface area contributed by atoms with Crippen LogP contribution in [-0.2, 0) is 0 Å². The van der Waals surface area contributed by atoms with Gasteiger partial charge in [-0.2, -0.15) is 0 Å². The first-order valence-electron chi connectivity index (χ1n) is 5.80. The molecule has 2 aromatic carbocycles. The van der Waals surface area contributed by atoms with E-state index in [1.54, 1.807) is 12.4 Å². The lowest BCUT2D eigenvalue weighted by Crippen LogP contribution is -1.93. The smallest absolute Gasteiger partial charge is 0.150 e. The molecule has 0 saturated heterocycles. The minimum absolute atomic E-state index is 0.628. The number of anilines is 1. The minimum atomic E-state index is 0.628. The largest absolute Gasteiger partial charge is 0.455 e. The zero-order valence-corrected chi connectivity index (χ0v) is 11.6. The van der Waals surface area contributed by atoms with Gasteiger partial charge in [0.1, 0.15) is 5.75 Å². The Labute approximate surface area is 119 Å². The number of ether oxygens (including phenoxy) is 1. The third-order valence-corrected chi connectivity index (χ3v) is 3.39. The molecule has 0 fully saturated rings. The lowest BCUT2D eigenvalue weighted by molar-refractivity contribution is 0.485. The Balaban J connectivity index is 2.01. The fourth-order valence-electron chi connectivity index (χ4n) is 1.89. The van der Waals surface area contributed by atoms with Crippen LogP contribution < -0.4 is 10.5 Å². The molecule has 0 unspecified atom stereocenters. The van der Waals surface area contributed by atoms with Crippen LogP contribution in [0.15, 0.2) is 59.3 Å². The topological polar surface area (TPSA) is 48.1 Å². The van der Waals surface area contributed by atoms with Gasteiger partial charge in [-0.3, -0.25) is 4.98 Å². The molecule has 94 valence electrons. The highest BCUT2D eigenvalue weighted by Gasteiger charge is 2.06. The van der Waals surface area contributed by atoms with Crippen LogP contribution in [0.25, 0.3) is 10.8 Å². The zero-order chi connectivity index (χ0) is 13.2. The maximum Gasteiger partial charge on any atom is 0.150 e. The Bertz CT molecular complexity index is 726. The van der Waals surface area contributed by atoms with Gasteiger partial charge in [0.15, 0.2) is 5.75 Å². The third kappa shape index (κ3) is 2.39. The van der Waals surface area contributed by atoms with Gasteiger partial charge in [-0.15, -0.1) is 0 Å². The molecule has 0 spiro atoms. The highest BCUT2D eigenvalue weighted by atomic mass is 79.9. The van der Waals surface area contributed by atoms with Crippen molar-refractivity contribution in [2.24, 2.45) is 0 Å². The van der Waals surface area contributed by atoms with E-state index in [1.807, 2.05) is 42.5 Å². The summed E-state index contributed by atoms with van der Waals surface area (Å²) in [5, 5.41) is 1.95. The summed E-state index contributed by atoms with van der Waals surface area (Å²) >= 11 is 3.39. The van der Waals surface area contributed by atoms with Crippen molar-refractivity contribution in [2.45, 2.75) is 0 Å². The lowest BCUT2D eigenvalue weighted by atomic mass is 10.1. The molecule has 3 nitrogen and oxygen atoms in total. The SMILES string of the molecule is Nc1c(Oc2ccc(Br)cc2)ccc2cnccc12. The first-order chi connectivity index (χ1) is 9.24. The summed E-state index contributed by atoms with van der Waals surface area (Å²) < 4.78 is 6.82. The second kappa shape index (κ2) is 4.90. The Morgan fingerprint density at radius 2 is 1.79 bits per heavy atom. The van der Waals surface area contributed by atoms with Gasteiger partial charge in [0.2, 0.25) is 0 Å². The van der Waals surface area contributed by atoms with E-state index in [9.17, 15) is 0 Å². The number of nitrogens with two attached hydrogens (primary N) is 1. The van der Waals surface area contributed by atoms with Gasteiger partial charge in [-0.05, 0) is 42.5 Å². The zero-order valence-electron chi connectivity index (χ0n) is 10.0. The van der Waals surface area contributed by atoms with E-state index in [0.29, 0.717) is 11.4 Å². The fraction of sp³-hybridized carbons (Fsp3) is 0. The molecule has 0 aliphatic carbocycles. The van der Waals surface area contributed by atoms with E-state index >= 15 is 0 Å². The molecule has 0 amide bonds. The maximum atomic E-state index is 6.13. The number of nitrogen functional groups attached to an aromatic ring is 1. The average molecular weight is 315 g/mol. The van der Waals surface area contributed by atoms with E-state index in [1.165, 1.54) is 0 Å². The molecule has 3 rings (SSSR count). The van der Waals surface area contributed by atoms with Crippen molar-refractivity contribution in [1.29, 1.82) is 0 Å². The van der Waals surface area contributed by atoms with Crippen molar-refractivity contribution in [3.05, 3.63) is 59.3 Å². The lowest BCUT2D eigenvalue weighted by Gasteiger charge is -2.10. The van der Waals surface area contributed by atoms with Crippen LogP contribution >= 0.6 is 15.9 Å². The third-order valence-electron chi connectivity index (χ3n) is 2.86. The Kier molecular flexibility index (Phi) is 3.09. The number of nitrogens with zero attached hydrogens (tertiary/aromatic N) is 1. The number of fused-ring (bicyclic) bond motifs is 1. The van der Waals surface area contributed by atoms with Crippen LogP contribution in [0.4, 0.5) is 5.69 Å². The van der Waals surface area contributed by atoms with Gasteiger partial charge in [-0.25, -0.2) is 0 Å². The van der Waals surface area contributed by atoms with Crippen molar-refractivity contribution >= 4 is 32.4 Å². The molecular formula is C15H11BrN2O. The average Bonchev–Trinajstić information content (AvgIpc) is 2.45. The maximum absolute atomic E-state index is 6.13. The predicted octanol–water partition coefficient (Wildman–Crippen LogP) is 4.37. The first kappa shape index (κ1) is 12.0. The molecule has 0 saturated carbocycles.